The van der Waals surface area contributed by atoms with Crippen LogP contribution in [0.15, 0.2) is 23.8 Å². The highest BCUT2D eigenvalue weighted by atomic mass is 19.1. The van der Waals surface area contributed by atoms with Crippen molar-refractivity contribution in [1.29, 1.82) is 0 Å². The number of hydrogen-bond donors (Lipinski definition) is 1. The number of aliphatic hydroxyl groups is 1. The molecule has 42 heavy (non-hydrogen) atoms. The molecule has 2 unspecified atom stereocenters. The summed E-state index contributed by atoms with van der Waals surface area (Å²) in [5.74, 6) is -2.98. The predicted octanol–water partition coefficient (Wildman–Crippen LogP) is 3.57. The monoisotopic (exact) mass is 595 g/mol. The number of alkyl halides is 1. The molecule has 8 atom stereocenters. The molecule has 1 heterocycles. The van der Waals surface area contributed by atoms with Crippen molar-refractivity contribution in [1.82, 2.24) is 0 Å². The van der Waals surface area contributed by atoms with Crippen LogP contribution < -0.4 is 0 Å². The third-order valence-electron chi connectivity index (χ3n) is 10.3. The van der Waals surface area contributed by atoms with Gasteiger partial charge in [0, 0.05) is 16.7 Å². The van der Waals surface area contributed by atoms with Crippen LogP contribution in [0.5, 0.6) is 0 Å². The van der Waals surface area contributed by atoms with Crippen LogP contribution in [0.25, 0.3) is 0 Å². The number of carbonyl (C=O) groups is 3. The Morgan fingerprint density at radius 1 is 1.17 bits per heavy atom. The van der Waals surface area contributed by atoms with E-state index in [9.17, 15) is 29.6 Å². The average molecular weight is 596 g/mol. The Morgan fingerprint density at radius 2 is 1.88 bits per heavy atom. The molecule has 4 fully saturated rings. The lowest BCUT2D eigenvalue weighted by Crippen LogP contribution is -2.70. The standard InChI is InChI=1S/C29H38FNO11/c1-25(2)41-23-14-20-19-8-7-17-13-18(32)9-10-26(17,3)28(19,30)21(33)15-27(20,4)29(23,42-25)22(34)16-39-24(35)38-11-5-6-12-40-31(36)37/h9-10,13,19-21,23,33H,5-8,11-12,14-16H2,1-4H3/t19?,20?,21-,23+,26-,27-,28-,29+/m0/s1. The number of Topliss-reactive ketones (excluding diaryl/α,β-unsaturated/α-hetero) is 1. The number of halogens is 1. The summed E-state index contributed by atoms with van der Waals surface area (Å²) in [5, 5.41) is 20.9. The molecule has 13 heteroatoms. The molecule has 5 aliphatic rings. The topological polar surface area (TPSA) is 161 Å². The van der Waals surface area contributed by atoms with Crippen molar-refractivity contribution >= 4 is 17.7 Å². The van der Waals surface area contributed by atoms with Gasteiger partial charge in [-0.2, -0.15) is 0 Å². The van der Waals surface area contributed by atoms with Gasteiger partial charge < -0.3 is 28.9 Å². The van der Waals surface area contributed by atoms with E-state index in [0.29, 0.717) is 24.8 Å². The molecule has 0 aromatic heterocycles. The first-order valence-corrected chi connectivity index (χ1v) is 14.4. The molecule has 4 aliphatic carbocycles. The third-order valence-corrected chi connectivity index (χ3v) is 10.3. The normalized spacial score (nSPS) is 41.1. The fraction of sp³-hybridized carbons (Fsp3) is 0.759. The van der Waals surface area contributed by atoms with Gasteiger partial charge in [-0.25, -0.2) is 9.18 Å². The molecule has 232 valence electrons. The van der Waals surface area contributed by atoms with E-state index >= 15 is 4.39 Å². The van der Waals surface area contributed by atoms with Crippen LogP contribution in [0.4, 0.5) is 9.18 Å². The third kappa shape index (κ3) is 4.46. The Morgan fingerprint density at radius 3 is 2.60 bits per heavy atom. The molecule has 1 aliphatic heterocycles. The van der Waals surface area contributed by atoms with Crippen LogP contribution in [0.1, 0.15) is 66.2 Å². The molecule has 12 nitrogen and oxygen atoms in total. The number of ketones is 2. The minimum absolute atomic E-state index is 0.0873. The highest BCUT2D eigenvalue weighted by Gasteiger charge is 2.80. The maximum absolute atomic E-state index is 17.5. The lowest BCUT2D eigenvalue weighted by Gasteiger charge is -2.62. The molecular weight excluding hydrogens is 557 g/mol. The van der Waals surface area contributed by atoms with Crippen LogP contribution in [0.3, 0.4) is 0 Å². The second-order valence-corrected chi connectivity index (χ2v) is 12.9. The van der Waals surface area contributed by atoms with E-state index in [1.165, 1.54) is 12.2 Å². The van der Waals surface area contributed by atoms with Crippen LogP contribution in [0.2, 0.25) is 0 Å². The van der Waals surface area contributed by atoms with E-state index in [1.54, 1.807) is 26.8 Å². The first-order chi connectivity index (χ1) is 19.6. The second-order valence-electron chi connectivity index (χ2n) is 12.9. The van der Waals surface area contributed by atoms with Gasteiger partial charge in [0.2, 0.25) is 5.78 Å². The molecule has 1 saturated heterocycles. The summed E-state index contributed by atoms with van der Waals surface area (Å²) in [7, 11) is 0. The van der Waals surface area contributed by atoms with Gasteiger partial charge in [0.1, 0.15) is 0 Å². The van der Waals surface area contributed by atoms with Gasteiger partial charge in [0.05, 0.1) is 25.4 Å². The highest BCUT2D eigenvalue weighted by Crippen LogP contribution is 2.72. The first kappa shape index (κ1) is 30.6. The van der Waals surface area contributed by atoms with Crippen LogP contribution in [-0.2, 0) is 33.4 Å². The van der Waals surface area contributed by atoms with Crippen molar-refractivity contribution in [2.45, 2.75) is 95.5 Å². The summed E-state index contributed by atoms with van der Waals surface area (Å²) >= 11 is 0. The van der Waals surface area contributed by atoms with E-state index in [2.05, 4.69) is 4.84 Å². The maximum atomic E-state index is 17.5. The van der Waals surface area contributed by atoms with E-state index in [1.807, 2.05) is 6.92 Å². The summed E-state index contributed by atoms with van der Waals surface area (Å²) in [4.78, 5) is 52.7. The first-order valence-electron chi connectivity index (χ1n) is 14.4. The van der Waals surface area contributed by atoms with Crippen LogP contribution >= 0.6 is 0 Å². The van der Waals surface area contributed by atoms with E-state index < -0.39 is 75.6 Å². The molecule has 0 amide bonds. The van der Waals surface area contributed by atoms with Crippen molar-refractivity contribution in [2.75, 3.05) is 19.8 Å². The number of rotatable bonds is 9. The number of hydrogen-bond acceptors (Lipinski definition) is 11. The van der Waals surface area contributed by atoms with Crippen molar-refractivity contribution < 1.29 is 52.8 Å². The van der Waals surface area contributed by atoms with E-state index in [-0.39, 0.29) is 38.3 Å². The number of aliphatic hydroxyl groups excluding tert-OH is 1. The predicted molar refractivity (Wildman–Crippen MR) is 141 cm³/mol. The Balaban J connectivity index is 1.35. The molecule has 5 rings (SSSR count). The lowest BCUT2D eigenvalue weighted by atomic mass is 9.44. The zero-order valence-corrected chi connectivity index (χ0v) is 24.3. The van der Waals surface area contributed by atoms with E-state index in [0.717, 1.165) is 0 Å². The Bertz CT molecular complexity index is 1230. The number of nitrogens with zero attached hydrogens (tertiary/aromatic N) is 1. The molecule has 0 aromatic carbocycles. The summed E-state index contributed by atoms with van der Waals surface area (Å²) in [6, 6.07) is 0. The summed E-state index contributed by atoms with van der Waals surface area (Å²) < 4.78 is 40.2. The van der Waals surface area contributed by atoms with Gasteiger partial charge in [-0.3, -0.25) is 9.59 Å². The van der Waals surface area contributed by atoms with Gasteiger partial charge in [-0.1, -0.05) is 18.6 Å². The molecule has 3 saturated carbocycles. The number of allylic oxidation sites excluding steroid dienone is 4. The number of unbranched alkanes of at least 4 members (excludes halogenated alkanes) is 1. The largest absolute Gasteiger partial charge is 0.508 e. The quantitative estimate of drug-likeness (QED) is 0.180. The zero-order valence-electron chi connectivity index (χ0n) is 24.3. The van der Waals surface area contributed by atoms with Crippen LogP contribution in [0, 0.1) is 32.8 Å². The van der Waals surface area contributed by atoms with Gasteiger partial charge in [-0.05, 0) is 77.4 Å². The highest BCUT2D eigenvalue weighted by molar-refractivity contribution is 6.01. The number of ether oxygens (including phenoxy) is 4. The molecular formula is C29H38FNO11. The minimum atomic E-state index is -2.08. The fourth-order valence-corrected chi connectivity index (χ4v) is 8.58. The second kappa shape index (κ2) is 10.4. The van der Waals surface area contributed by atoms with E-state index in [4.69, 9.17) is 18.9 Å². The van der Waals surface area contributed by atoms with Gasteiger partial charge in [0.15, 0.2) is 29.4 Å². The maximum Gasteiger partial charge on any atom is 0.508 e. The molecule has 0 bridgehead atoms. The van der Waals surface area contributed by atoms with Crippen molar-refractivity contribution in [2.24, 2.45) is 22.7 Å². The smallest absolute Gasteiger partial charge is 0.434 e. The molecule has 0 aromatic rings. The summed E-state index contributed by atoms with van der Waals surface area (Å²) in [6.45, 7) is 5.99. The summed E-state index contributed by atoms with van der Waals surface area (Å²) in [5.41, 5.74) is -5.27. The molecule has 0 spiro atoms. The van der Waals surface area contributed by atoms with Crippen molar-refractivity contribution in [3.63, 3.8) is 0 Å². The SMILES string of the molecule is CC1(C)O[C@@H]2CC3C4CCC5=CC(=O)C=C[C@]5(C)[C@@]4(F)[C@@H](O)C[C@]3(C)[C@]2(C(=O)COC(=O)OCCCCO[N+](=O)[O-])O1. The summed E-state index contributed by atoms with van der Waals surface area (Å²) in [6.07, 6.45) is 2.70. The lowest BCUT2D eigenvalue weighted by molar-refractivity contribution is -0.757. The van der Waals surface area contributed by atoms with Gasteiger partial charge in [-0.15, -0.1) is 10.1 Å². The fourth-order valence-electron chi connectivity index (χ4n) is 8.58. The Labute approximate surface area is 242 Å². The van der Waals surface area contributed by atoms with Crippen molar-refractivity contribution in [3.05, 3.63) is 33.9 Å². The number of carbonyl (C=O) groups excluding carboxylic acids is 3. The van der Waals surface area contributed by atoms with Crippen LogP contribution in [-0.4, -0.2) is 77.0 Å². The molecule has 1 N–H and O–H groups in total. The van der Waals surface area contributed by atoms with Gasteiger partial charge in [0.25, 0.3) is 5.09 Å². The Hall–Kier alpha value is -2.90. The molecule has 0 radical (unpaired) electrons. The minimum Gasteiger partial charge on any atom is -0.434 e. The average Bonchev–Trinajstić information content (AvgIpc) is 3.31. The van der Waals surface area contributed by atoms with Crippen molar-refractivity contribution in [3.8, 4) is 0 Å². The number of fused-ring (bicyclic) bond motifs is 7. The zero-order chi connectivity index (χ0) is 30.7. The van der Waals surface area contributed by atoms with Gasteiger partial charge >= 0.3 is 6.16 Å². The Kier molecular flexibility index (Phi) is 7.55.